The summed E-state index contributed by atoms with van der Waals surface area (Å²) in [5.74, 6) is 0.268. The summed E-state index contributed by atoms with van der Waals surface area (Å²) in [7, 11) is 0. The van der Waals surface area contributed by atoms with Crippen LogP contribution < -0.4 is 0 Å². The summed E-state index contributed by atoms with van der Waals surface area (Å²) in [4.78, 5) is 10.4. The van der Waals surface area contributed by atoms with Crippen molar-refractivity contribution in [3.8, 4) is 0 Å². The fourth-order valence-corrected chi connectivity index (χ4v) is 0.786. The highest BCUT2D eigenvalue weighted by atomic mass is 127. The first-order valence-electron chi connectivity index (χ1n) is 2.94. The number of hydrogen-bond donors (Lipinski definition) is 0. The van der Waals surface area contributed by atoms with Gasteiger partial charge < -0.3 is 4.79 Å². The van der Waals surface area contributed by atoms with Gasteiger partial charge in [-0.3, -0.25) is 0 Å². The van der Waals surface area contributed by atoms with Gasteiger partial charge >= 0.3 is 0 Å². The quantitative estimate of drug-likeness (QED) is 0.691. The lowest BCUT2D eigenvalue weighted by molar-refractivity contribution is -0.116. The van der Waals surface area contributed by atoms with E-state index in [1.54, 1.807) is 6.92 Å². The average Bonchev–Trinajstić information content (AvgIpc) is 1.63. The highest BCUT2D eigenvalue weighted by Crippen LogP contribution is 2.05. The maximum Gasteiger partial charge on any atom is 0.130 e. The van der Waals surface area contributed by atoms with E-state index in [1.807, 2.05) is 6.92 Å². The highest BCUT2D eigenvalue weighted by molar-refractivity contribution is 14.1. The van der Waals surface area contributed by atoms with E-state index in [1.165, 1.54) is 3.58 Å². The second-order valence-corrected chi connectivity index (χ2v) is 3.73. The Morgan fingerprint density at radius 2 is 2.11 bits per heavy atom. The van der Waals surface area contributed by atoms with Gasteiger partial charge in [-0.05, 0) is 46.4 Å². The zero-order valence-corrected chi connectivity index (χ0v) is 7.94. The molecule has 0 aliphatic carbocycles. The summed E-state index contributed by atoms with van der Waals surface area (Å²) >= 11 is 2.24. The molecule has 0 spiro atoms. The number of carbonyl (C=O) groups is 1. The molecule has 0 saturated heterocycles. The monoisotopic (exact) mass is 238 g/mol. The van der Waals surface area contributed by atoms with Gasteiger partial charge in [0.15, 0.2) is 0 Å². The van der Waals surface area contributed by atoms with Gasteiger partial charge in [0.2, 0.25) is 0 Å². The van der Waals surface area contributed by atoms with E-state index in [0.717, 1.165) is 6.42 Å². The van der Waals surface area contributed by atoms with E-state index in [2.05, 4.69) is 28.7 Å². The van der Waals surface area contributed by atoms with E-state index in [4.69, 9.17) is 0 Å². The summed E-state index contributed by atoms with van der Waals surface area (Å²) in [5.41, 5.74) is 0. The summed E-state index contributed by atoms with van der Waals surface area (Å²) in [5, 5.41) is 0. The van der Waals surface area contributed by atoms with Crippen LogP contribution in [0.25, 0.3) is 0 Å². The van der Waals surface area contributed by atoms with E-state index >= 15 is 0 Å². The van der Waals surface area contributed by atoms with Crippen molar-refractivity contribution < 1.29 is 4.79 Å². The van der Waals surface area contributed by atoms with Crippen LogP contribution in [0.4, 0.5) is 0 Å². The second kappa shape index (κ2) is 4.97. The first-order valence-corrected chi connectivity index (χ1v) is 4.02. The van der Waals surface area contributed by atoms with Crippen LogP contribution in [0.5, 0.6) is 0 Å². The number of Topliss-reactive ketones (excluding diaryl/α,β-unsaturated/α-hetero) is 1. The SMILES string of the molecule is CC(=O)CC/C=C(/C)I. The van der Waals surface area contributed by atoms with Gasteiger partial charge in [0.25, 0.3) is 0 Å². The Bertz CT molecular complexity index is 123. The molecule has 0 heterocycles. The molecule has 52 valence electrons. The van der Waals surface area contributed by atoms with E-state index in [-0.39, 0.29) is 5.78 Å². The number of allylic oxidation sites excluding steroid dienone is 2. The van der Waals surface area contributed by atoms with Crippen molar-refractivity contribution in [2.24, 2.45) is 0 Å². The summed E-state index contributed by atoms with van der Waals surface area (Å²) in [6, 6.07) is 0. The molecule has 0 radical (unpaired) electrons. The maximum atomic E-state index is 10.4. The van der Waals surface area contributed by atoms with E-state index < -0.39 is 0 Å². The molecule has 0 aliphatic rings. The van der Waals surface area contributed by atoms with Crippen LogP contribution in [0.1, 0.15) is 26.7 Å². The van der Waals surface area contributed by atoms with Gasteiger partial charge in [0.1, 0.15) is 5.78 Å². The van der Waals surface area contributed by atoms with Gasteiger partial charge in [0.05, 0.1) is 0 Å². The van der Waals surface area contributed by atoms with Crippen LogP contribution in [-0.2, 0) is 4.79 Å². The molecule has 0 aromatic rings. The summed E-state index contributed by atoms with van der Waals surface area (Å²) in [6.45, 7) is 3.65. The number of halogens is 1. The van der Waals surface area contributed by atoms with E-state index in [0.29, 0.717) is 6.42 Å². The van der Waals surface area contributed by atoms with Crippen molar-refractivity contribution in [1.29, 1.82) is 0 Å². The zero-order valence-electron chi connectivity index (χ0n) is 5.78. The van der Waals surface area contributed by atoms with Crippen molar-refractivity contribution in [3.63, 3.8) is 0 Å². The van der Waals surface area contributed by atoms with Crippen LogP contribution in [0.3, 0.4) is 0 Å². The lowest BCUT2D eigenvalue weighted by Gasteiger charge is -1.88. The molecule has 0 atom stereocenters. The molecule has 0 N–H and O–H groups in total. The third-order valence-electron chi connectivity index (χ3n) is 0.922. The van der Waals surface area contributed by atoms with Crippen LogP contribution in [0.15, 0.2) is 9.66 Å². The fraction of sp³-hybridized carbons (Fsp3) is 0.571. The first-order chi connectivity index (χ1) is 4.13. The largest absolute Gasteiger partial charge is 0.300 e. The average molecular weight is 238 g/mol. The first kappa shape index (κ1) is 9.14. The van der Waals surface area contributed by atoms with Crippen molar-refractivity contribution in [2.45, 2.75) is 26.7 Å². The number of carbonyl (C=O) groups excluding carboxylic acids is 1. The predicted molar refractivity (Wildman–Crippen MR) is 47.7 cm³/mol. The molecule has 9 heavy (non-hydrogen) atoms. The number of rotatable bonds is 3. The maximum absolute atomic E-state index is 10.4. The van der Waals surface area contributed by atoms with Crippen LogP contribution in [-0.4, -0.2) is 5.78 Å². The number of ketones is 1. The molecular formula is C7H11IO. The van der Waals surface area contributed by atoms with Gasteiger partial charge in [-0.25, -0.2) is 0 Å². The molecule has 0 aliphatic heterocycles. The standard InChI is InChI=1S/C7H11IO/c1-6(8)4-3-5-7(2)9/h4H,3,5H2,1-2H3/b6-4-. The van der Waals surface area contributed by atoms with Gasteiger partial charge in [-0.2, -0.15) is 0 Å². The highest BCUT2D eigenvalue weighted by Gasteiger charge is 1.88. The Balaban J connectivity index is 3.31. The van der Waals surface area contributed by atoms with Crippen molar-refractivity contribution in [1.82, 2.24) is 0 Å². The van der Waals surface area contributed by atoms with Gasteiger partial charge in [-0.15, -0.1) is 0 Å². The molecule has 0 fully saturated rings. The van der Waals surface area contributed by atoms with Gasteiger partial charge in [0, 0.05) is 6.42 Å². The number of hydrogen-bond acceptors (Lipinski definition) is 1. The molecule has 0 amide bonds. The smallest absolute Gasteiger partial charge is 0.130 e. The molecule has 0 saturated carbocycles. The van der Waals surface area contributed by atoms with Crippen LogP contribution in [0, 0.1) is 0 Å². The Hall–Kier alpha value is 0.140. The topological polar surface area (TPSA) is 17.1 Å². The minimum atomic E-state index is 0.268. The zero-order chi connectivity index (χ0) is 7.28. The van der Waals surface area contributed by atoms with Crippen molar-refractivity contribution in [2.75, 3.05) is 0 Å². The van der Waals surface area contributed by atoms with Crippen molar-refractivity contribution >= 4 is 28.4 Å². The lowest BCUT2D eigenvalue weighted by atomic mass is 10.2. The summed E-state index contributed by atoms with van der Waals surface area (Å²) in [6.07, 6.45) is 3.65. The third kappa shape index (κ3) is 8.14. The molecular weight excluding hydrogens is 227 g/mol. The molecule has 1 nitrogen and oxygen atoms in total. The summed E-state index contributed by atoms with van der Waals surface area (Å²) < 4.78 is 1.26. The molecule has 0 bridgehead atoms. The Kier molecular flexibility index (Phi) is 5.04. The predicted octanol–water partition coefficient (Wildman–Crippen LogP) is 2.69. The minimum Gasteiger partial charge on any atom is -0.300 e. The van der Waals surface area contributed by atoms with Crippen molar-refractivity contribution in [3.05, 3.63) is 9.66 Å². The normalized spacial score (nSPS) is 11.7. The van der Waals surface area contributed by atoms with Gasteiger partial charge in [-0.1, -0.05) is 6.08 Å². The Morgan fingerprint density at radius 3 is 2.44 bits per heavy atom. The van der Waals surface area contributed by atoms with Crippen LogP contribution >= 0.6 is 22.6 Å². The lowest BCUT2D eigenvalue weighted by Crippen LogP contribution is -1.86. The molecule has 0 rings (SSSR count). The van der Waals surface area contributed by atoms with Crippen LogP contribution in [0.2, 0.25) is 0 Å². The molecule has 0 aromatic heterocycles. The molecule has 0 aromatic carbocycles. The Labute approximate surface area is 69.7 Å². The third-order valence-corrected chi connectivity index (χ3v) is 1.36. The van der Waals surface area contributed by atoms with E-state index in [9.17, 15) is 4.79 Å². The molecule has 0 unspecified atom stereocenters. The Morgan fingerprint density at radius 1 is 1.56 bits per heavy atom. The molecule has 2 heteroatoms. The second-order valence-electron chi connectivity index (χ2n) is 2.03. The minimum absolute atomic E-state index is 0.268. The fourth-order valence-electron chi connectivity index (χ4n) is 0.474.